The molecule has 142 valence electrons. The van der Waals surface area contributed by atoms with Crippen LogP contribution in [0.3, 0.4) is 0 Å². The molecule has 0 radical (unpaired) electrons. The minimum Gasteiger partial charge on any atom is -0.0622 e. The van der Waals surface area contributed by atoms with Crippen molar-refractivity contribution in [1.29, 1.82) is 0 Å². The molecule has 0 saturated heterocycles. The van der Waals surface area contributed by atoms with E-state index in [9.17, 15) is 0 Å². The van der Waals surface area contributed by atoms with Crippen LogP contribution in [-0.4, -0.2) is 0 Å². The smallest absolute Gasteiger partial charge is 0.00122 e. The zero-order chi connectivity index (χ0) is 17.4. The number of fused-ring (bicyclic) bond motifs is 3. The van der Waals surface area contributed by atoms with Crippen molar-refractivity contribution in [2.75, 3.05) is 0 Å². The quantitative estimate of drug-likeness (QED) is 0.517. The van der Waals surface area contributed by atoms with Gasteiger partial charge in [-0.1, -0.05) is 75.3 Å². The summed E-state index contributed by atoms with van der Waals surface area (Å²) in [6.07, 6.45) is 21.2. The van der Waals surface area contributed by atoms with E-state index in [1.54, 1.807) is 31.2 Å². The van der Waals surface area contributed by atoms with Gasteiger partial charge >= 0.3 is 0 Å². The maximum absolute atomic E-state index is 2.52. The Hall–Kier alpha value is -0.780. The number of rotatable bonds is 2. The van der Waals surface area contributed by atoms with Crippen molar-refractivity contribution in [3.05, 3.63) is 35.9 Å². The van der Waals surface area contributed by atoms with Crippen LogP contribution in [0.1, 0.15) is 95.5 Å². The highest BCUT2D eigenvalue weighted by Gasteiger charge is 2.54. The third-order valence-corrected chi connectivity index (χ3v) is 9.32. The average molecular weight is 351 g/mol. The van der Waals surface area contributed by atoms with Crippen LogP contribution in [0.15, 0.2) is 30.3 Å². The van der Waals surface area contributed by atoms with E-state index < -0.39 is 0 Å². The molecule has 4 aliphatic carbocycles. The van der Waals surface area contributed by atoms with Crippen molar-refractivity contribution >= 4 is 0 Å². The van der Waals surface area contributed by atoms with Crippen molar-refractivity contribution < 1.29 is 0 Å². The fraction of sp³-hybridized carbons (Fsp3) is 0.769. The van der Waals surface area contributed by atoms with Gasteiger partial charge in [-0.2, -0.15) is 0 Å². The molecule has 0 spiro atoms. The van der Waals surface area contributed by atoms with E-state index >= 15 is 0 Å². The van der Waals surface area contributed by atoms with Crippen molar-refractivity contribution in [3.63, 3.8) is 0 Å². The molecule has 0 aromatic heterocycles. The summed E-state index contributed by atoms with van der Waals surface area (Å²) < 4.78 is 0. The maximum atomic E-state index is 2.52. The number of hydrogen-bond donors (Lipinski definition) is 0. The zero-order valence-electron chi connectivity index (χ0n) is 16.7. The molecule has 0 nitrogen and oxygen atoms in total. The van der Waals surface area contributed by atoms with E-state index in [0.29, 0.717) is 5.41 Å². The maximum Gasteiger partial charge on any atom is 0.00122 e. The molecule has 0 bridgehead atoms. The SMILES string of the molecule is c1ccc(C2(C3CCCCC3)CCCC3C4CCCCC4CCC32)cc1. The summed E-state index contributed by atoms with van der Waals surface area (Å²) in [6, 6.07) is 11.9. The first-order chi connectivity index (χ1) is 12.9. The molecule has 4 fully saturated rings. The molecule has 5 rings (SSSR count). The van der Waals surface area contributed by atoms with Crippen LogP contribution in [0.2, 0.25) is 0 Å². The van der Waals surface area contributed by atoms with Crippen LogP contribution >= 0.6 is 0 Å². The minimum atomic E-state index is 0.521. The Labute approximate surface area is 161 Å². The van der Waals surface area contributed by atoms with Crippen LogP contribution < -0.4 is 0 Å². The fourth-order valence-corrected chi connectivity index (χ4v) is 8.40. The Balaban J connectivity index is 1.55. The highest BCUT2D eigenvalue weighted by atomic mass is 14.6. The van der Waals surface area contributed by atoms with Gasteiger partial charge in [0.25, 0.3) is 0 Å². The van der Waals surface area contributed by atoms with Gasteiger partial charge in [-0.3, -0.25) is 0 Å². The number of benzene rings is 1. The Kier molecular flexibility index (Phi) is 4.88. The van der Waals surface area contributed by atoms with Gasteiger partial charge in [0.05, 0.1) is 0 Å². The molecule has 0 amide bonds. The highest BCUT2D eigenvalue weighted by Crippen LogP contribution is 2.61. The van der Waals surface area contributed by atoms with Crippen molar-refractivity contribution in [1.82, 2.24) is 0 Å². The van der Waals surface area contributed by atoms with E-state index in [4.69, 9.17) is 0 Å². The van der Waals surface area contributed by atoms with Gasteiger partial charge in [0, 0.05) is 5.41 Å². The second kappa shape index (κ2) is 7.33. The van der Waals surface area contributed by atoms with Crippen LogP contribution in [0.4, 0.5) is 0 Å². The third-order valence-electron chi connectivity index (χ3n) is 9.32. The van der Waals surface area contributed by atoms with Crippen LogP contribution in [0.25, 0.3) is 0 Å². The van der Waals surface area contributed by atoms with Crippen molar-refractivity contribution in [3.8, 4) is 0 Å². The number of hydrogen-bond acceptors (Lipinski definition) is 0. The van der Waals surface area contributed by atoms with Gasteiger partial charge < -0.3 is 0 Å². The normalized spacial score (nSPS) is 41.2. The second-order valence-corrected chi connectivity index (χ2v) is 10.2. The summed E-state index contributed by atoms with van der Waals surface area (Å²) in [5, 5.41) is 0. The van der Waals surface area contributed by atoms with E-state index in [2.05, 4.69) is 30.3 Å². The summed E-state index contributed by atoms with van der Waals surface area (Å²) in [6.45, 7) is 0. The molecule has 1 aromatic carbocycles. The summed E-state index contributed by atoms with van der Waals surface area (Å²) in [5.41, 5.74) is 2.25. The van der Waals surface area contributed by atoms with Crippen LogP contribution in [0.5, 0.6) is 0 Å². The first kappa shape index (κ1) is 17.3. The predicted octanol–water partition coefficient (Wildman–Crippen LogP) is 7.52. The molecule has 0 N–H and O–H groups in total. The second-order valence-electron chi connectivity index (χ2n) is 10.2. The standard InChI is InChI=1S/C26H38/c1-3-11-21(12-4-1)26(22-13-5-2-6-14-22)19-9-16-24-23-15-8-7-10-20(23)17-18-25(24)26/h1,3-4,11-12,20,22-25H,2,5-10,13-19H2. The summed E-state index contributed by atoms with van der Waals surface area (Å²) in [5.74, 6) is 5.16. The van der Waals surface area contributed by atoms with E-state index in [1.807, 2.05) is 0 Å². The van der Waals surface area contributed by atoms with Crippen LogP contribution in [-0.2, 0) is 5.41 Å². The molecule has 5 unspecified atom stereocenters. The molecule has 5 atom stereocenters. The van der Waals surface area contributed by atoms with Gasteiger partial charge in [0.2, 0.25) is 0 Å². The van der Waals surface area contributed by atoms with Gasteiger partial charge in [-0.15, -0.1) is 0 Å². The van der Waals surface area contributed by atoms with Crippen molar-refractivity contribution in [2.24, 2.45) is 29.6 Å². The third kappa shape index (κ3) is 2.78. The van der Waals surface area contributed by atoms with E-state index in [-0.39, 0.29) is 0 Å². The molecule has 0 aliphatic heterocycles. The average Bonchev–Trinajstić information content (AvgIpc) is 2.74. The molecule has 4 saturated carbocycles. The minimum absolute atomic E-state index is 0.521. The van der Waals surface area contributed by atoms with Gasteiger partial charge in [0.15, 0.2) is 0 Å². The highest BCUT2D eigenvalue weighted by molar-refractivity contribution is 5.30. The lowest BCUT2D eigenvalue weighted by Gasteiger charge is -2.59. The van der Waals surface area contributed by atoms with E-state index in [1.165, 1.54) is 64.2 Å². The summed E-state index contributed by atoms with van der Waals surface area (Å²) in [7, 11) is 0. The lowest BCUT2D eigenvalue weighted by atomic mass is 9.45. The van der Waals surface area contributed by atoms with Gasteiger partial charge in [0.1, 0.15) is 0 Å². The molecule has 0 heterocycles. The van der Waals surface area contributed by atoms with Crippen molar-refractivity contribution in [2.45, 2.75) is 95.3 Å². The van der Waals surface area contributed by atoms with Gasteiger partial charge in [-0.05, 0) is 80.1 Å². The van der Waals surface area contributed by atoms with Gasteiger partial charge in [-0.25, -0.2) is 0 Å². The lowest BCUT2D eigenvalue weighted by molar-refractivity contribution is -0.0480. The summed E-state index contributed by atoms with van der Waals surface area (Å²) in [4.78, 5) is 0. The molecular formula is C26H38. The predicted molar refractivity (Wildman–Crippen MR) is 110 cm³/mol. The largest absolute Gasteiger partial charge is 0.0622 e. The summed E-state index contributed by atoms with van der Waals surface area (Å²) >= 11 is 0. The first-order valence-corrected chi connectivity index (χ1v) is 11.9. The van der Waals surface area contributed by atoms with E-state index in [0.717, 1.165) is 29.6 Å². The molecule has 1 aromatic rings. The first-order valence-electron chi connectivity index (χ1n) is 11.9. The molecule has 0 heteroatoms. The van der Waals surface area contributed by atoms with Crippen LogP contribution in [0, 0.1) is 29.6 Å². The Morgan fingerprint density at radius 1 is 0.615 bits per heavy atom. The fourth-order valence-electron chi connectivity index (χ4n) is 8.40. The molecule has 4 aliphatic rings. The Morgan fingerprint density at radius 2 is 1.35 bits per heavy atom. The monoisotopic (exact) mass is 350 g/mol. The topological polar surface area (TPSA) is 0 Å². The Bertz CT molecular complexity index is 583. The molecule has 26 heavy (non-hydrogen) atoms. The Morgan fingerprint density at radius 3 is 2.19 bits per heavy atom. The lowest BCUT2D eigenvalue weighted by Crippen LogP contribution is -2.53. The molecular weight excluding hydrogens is 312 g/mol. The zero-order valence-corrected chi connectivity index (χ0v) is 16.7.